The molecule has 2 nitrogen and oxygen atoms in total. The van der Waals surface area contributed by atoms with Crippen molar-refractivity contribution in [3.8, 4) is 0 Å². The smallest absolute Gasteiger partial charge is 0.0136 e. The molecule has 0 bridgehead atoms. The van der Waals surface area contributed by atoms with Gasteiger partial charge < -0.3 is 5.32 Å². The molecule has 0 saturated carbocycles. The maximum Gasteiger partial charge on any atom is 0.0136 e. The second-order valence-corrected chi connectivity index (χ2v) is 5.18. The van der Waals surface area contributed by atoms with Crippen molar-refractivity contribution >= 4 is 11.9 Å². The Bertz CT molecular complexity index is 111. The van der Waals surface area contributed by atoms with Gasteiger partial charge in [0.15, 0.2) is 0 Å². The summed E-state index contributed by atoms with van der Waals surface area (Å²) in [5.41, 5.74) is 0. The highest BCUT2D eigenvalue weighted by Gasteiger charge is 2.12. The minimum Gasteiger partial charge on any atom is -0.317 e. The van der Waals surface area contributed by atoms with Gasteiger partial charge in [0.25, 0.3) is 0 Å². The van der Waals surface area contributed by atoms with Crippen molar-refractivity contribution in [3.63, 3.8) is 0 Å². The normalized spacial score (nSPS) is 20.2. The van der Waals surface area contributed by atoms with E-state index in [9.17, 15) is 0 Å². The van der Waals surface area contributed by atoms with E-state index < -0.39 is 0 Å². The fourth-order valence-electron chi connectivity index (χ4n) is 1.42. The van der Waals surface area contributed by atoms with Crippen molar-refractivity contribution < 1.29 is 0 Å². The van der Waals surface area contributed by atoms with E-state index in [-0.39, 0.29) is 0 Å². The minimum absolute atomic E-state index is 0.701. The Hall–Kier alpha value is 0.270. The molecule has 0 aromatic heterocycles. The minimum atomic E-state index is 0.701. The highest BCUT2D eigenvalue weighted by atomic mass is 32.2. The lowest BCUT2D eigenvalue weighted by Gasteiger charge is -2.22. The van der Waals surface area contributed by atoms with Crippen LogP contribution in [0.2, 0.25) is 0 Å². The molecule has 0 aromatic carbocycles. The molecular formula is C9H20N2S. The Morgan fingerprint density at radius 2 is 2.08 bits per heavy atom. The fraction of sp³-hybridized carbons (Fsp3) is 1.00. The number of rotatable bonds is 4. The first-order valence-corrected chi connectivity index (χ1v) is 5.76. The van der Waals surface area contributed by atoms with E-state index in [2.05, 4.69) is 23.9 Å². The molecule has 2 N–H and O–H groups in total. The topological polar surface area (TPSA) is 24.1 Å². The van der Waals surface area contributed by atoms with Crippen molar-refractivity contribution in [2.75, 3.05) is 19.6 Å². The van der Waals surface area contributed by atoms with Crippen LogP contribution >= 0.6 is 11.9 Å². The maximum atomic E-state index is 3.44. The third kappa shape index (κ3) is 4.33. The molecule has 1 rings (SSSR count). The lowest BCUT2D eigenvalue weighted by atomic mass is 9.99. The van der Waals surface area contributed by atoms with Gasteiger partial charge in [-0.05, 0) is 31.8 Å². The standard InChI is InChI=1S/C9H20N2S/c1-8(2)12-11-7-9-3-5-10-6-4-9/h8-11H,3-7H2,1-2H3. The Morgan fingerprint density at radius 1 is 1.42 bits per heavy atom. The summed E-state index contributed by atoms with van der Waals surface area (Å²) in [7, 11) is 0. The third-order valence-corrected chi connectivity index (χ3v) is 2.95. The number of hydrogen-bond donors (Lipinski definition) is 2. The summed E-state index contributed by atoms with van der Waals surface area (Å²) in [6.07, 6.45) is 2.68. The van der Waals surface area contributed by atoms with Crippen molar-refractivity contribution in [1.29, 1.82) is 0 Å². The molecule has 1 saturated heterocycles. The summed E-state index contributed by atoms with van der Waals surface area (Å²) >= 11 is 1.85. The predicted octanol–water partition coefficient (Wildman–Crippen LogP) is 1.63. The molecule has 0 spiro atoms. The van der Waals surface area contributed by atoms with E-state index in [1.54, 1.807) is 0 Å². The van der Waals surface area contributed by atoms with Gasteiger partial charge in [0, 0.05) is 11.8 Å². The van der Waals surface area contributed by atoms with E-state index in [4.69, 9.17) is 0 Å². The van der Waals surface area contributed by atoms with Gasteiger partial charge in [-0.15, -0.1) is 0 Å². The first kappa shape index (κ1) is 10.4. The molecule has 1 heterocycles. The van der Waals surface area contributed by atoms with Crippen LogP contribution in [0.3, 0.4) is 0 Å². The molecule has 0 unspecified atom stereocenters. The van der Waals surface area contributed by atoms with Crippen LogP contribution in [-0.2, 0) is 0 Å². The van der Waals surface area contributed by atoms with Crippen LogP contribution in [0.5, 0.6) is 0 Å². The summed E-state index contributed by atoms with van der Waals surface area (Å²) in [6.45, 7) is 8.04. The quantitative estimate of drug-likeness (QED) is 0.656. The van der Waals surface area contributed by atoms with Crippen LogP contribution < -0.4 is 10.0 Å². The molecule has 1 aliphatic rings. The summed E-state index contributed by atoms with van der Waals surface area (Å²) in [5.74, 6) is 0.900. The molecule has 0 atom stereocenters. The van der Waals surface area contributed by atoms with Crippen LogP contribution in [0.1, 0.15) is 26.7 Å². The number of hydrogen-bond acceptors (Lipinski definition) is 3. The SMILES string of the molecule is CC(C)SNCC1CCNCC1. The first-order chi connectivity index (χ1) is 5.79. The molecule has 1 fully saturated rings. The van der Waals surface area contributed by atoms with Crippen molar-refractivity contribution in [1.82, 2.24) is 10.0 Å². The van der Waals surface area contributed by atoms with E-state index >= 15 is 0 Å². The Kier molecular flexibility index (Phi) is 5.04. The largest absolute Gasteiger partial charge is 0.317 e. The van der Waals surface area contributed by atoms with Crippen molar-refractivity contribution in [2.45, 2.75) is 31.9 Å². The number of nitrogens with one attached hydrogen (secondary N) is 2. The van der Waals surface area contributed by atoms with Gasteiger partial charge in [-0.3, -0.25) is 4.72 Å². The Balaban J connectivity index is 1.98. The van der Waals surface area contributed by atoms with Crippen LogP contribution in [-0.4, -0.2) is 24.9 Å². The summed E-state index contributed by atoms with van der Waals surface area (Å²) < 4.78 is 3.44. The molecule has 1 aliphatic heterocycles. The molecule has 0 radical (unpaired) electrons. The molecule has 3 heteroatoms. The van der Waals surface area contributed by atoms with Gasteiger partial charge >= 0.3 is 0 Å². The zero-order valence-electron chi connectivity index (χ0n) is 8.10. The highest BCUT2D eigenvalue weighted by Crippen LogP contribution is 2.12. The summed E-state index contributed by atoms with van der Waals surface area (Å²) in [6, 6.07) is 0. The van der Waals surface area contributed by atoms with E-state index in [0.717, 1.165) is 5.92 Å². The number of piperidine rings is 1. The van der Waals surface area contributed by atoms with Crippen LogP contribution in [0.25, 0.3) is 0 Å². The lowest BCUT2D eigenvalue weighted by molar-refractivity contribution is 0.376. The molecule has 0 aliphatic carbocycles. The zero-order chi connectivity index (χ0) is 8.81. The Morgan fingerprint density at radius 3 is 2.67 bits per heavy atom. The average Bonchev–Trinajstić information content (AvgIpc) is 2.05. The fourth-order valence-corrected chi connectivity index (χ4v) is 2.08. The summed E-state index contributed by atoms with van der Waals surface area (Å²) in [4.78, 5) is 0. The van der Waals surface area contributed by atoms with Gasteiger partial charge in [0.1, 0.15) is 0 Å². The van der Waals surface area contributed by atoms with Gasteiger partial charge in [0.2, 0.25) is 0 Å². The third-order valence-electron chi connectivity index (χ3n) is 2.15. The summed E-state index contributed by atoms with van der Waals surface area (Å²) in [5, 5.41) is 4.08. The monoisotopic (exact) mass is 188 g/mol. The second kappa shape index (κ2) is 5.84. The van der Waals surface area contributed by atoms with E-state index in [1.165, 1.54) is 32.5 Å². The molecular weight excluding hydrogens is 168 g/mol. The molecule has 0 amide bonds. The average molecular weight is 188 g/mol. The van der Waals surface area contributed by atoms with Gasteiger partial charge in [-0.1, -0.05) is 25.8 Å². The molecule has 0 aromatic rings. The highest BCUT2D eigenvalue weighted by molar-refractivity contribution is 7.97. The zero-order valence-corrected chi connectivity index (χ0v) is 8.91. The molecule has 72 valence electrons. The van der Waals surface area contributed by atoms with E-state index in [1.807, 2.05) is 11.9 Å². The van der Waals surface area contributed by atoms with Crippen LogP contribution in [0, 0.1) is 5.92 Å². The second-order valence-electron chi connectivity index (χ2n) is 3.71. The maximum absolute atomic E-state index is 3.44. The van der Waals surface area contributed by atoms with Crippen LogP contribution in [0.15, 0.2) is 0 Å². The van der Waals surface area contributed by atoms with Crippen LogP contribution in [0.4, 0.5) is 0 Å². The molecule has 12 heavy (non-hydrogen) atoms. The predicted molar refractivity (Wildman–Crippen MR) is 56.3 cm³/mol. The van der Waals surface area contributed by atoms with Gasteiger partial charge in [-0.25, -0.2) is 0 Å². The van der Waals surface area contributed by atoms with E-state index in [0.29, 0.717) is 5.25 Å². The van der Waals surface area contributed by atoms with Gasteiger partial charge in [-0.2, -0.15) is 0 Å². The first-order valence-electron chi connectivity index (χ1n) is 4.88. The Labute approximate surface area is 80.0 Å². The lowest BCUT2D eigenvalue weighted by Crippen LogP contribution is -2.32. The van der Waals surface area contributed by atoms with Crippen molar-refractivity contribution in [3.05, 3.63) is 0 Å². The van der Waals surface area contributed by atoms with Crippen molar-refractivity contribution in [2.24, 2.45) is 5.92 Å². The van der Waals surface area contributed by atoms with Gasteiger partial charge in [0.05, 0.1) is 0 Å².